The molecule has 0 atom stereocenters. The summed E-state index contributed by atoms with van der Waals surface area (Å²) >= 11 is 0. The molecule has 0 radical (unpaired) electrons. The van der Waals surface area contributed by atoms with Gasteiger partial charge < -0.3 is 25.0 Å². The van der Waals surface area contributed by atoms with Crippen LogP contribution < -0.4 is 15.5 Å². The fourth-order valence-electron chi connectivity index (χ4n) is 4.64. The second kappa shape index (κ2) is 11.7. The van der Waals surface area contributed by atoms with Crippen LogP contribution in [0.5, 0.6) is 0 Å². The minimum atomic E-state index is -0.624. The third kappa shape index (κ3) is 7.43. The van der Waals surface area contributed by atoms with Crippen molar-refractivity contribution < 1.29 is 19.1 Å². The molecule has 1 saturated heterocycles. The van der Waals surface area contributed by atoms with Crippen molar-refractivity contribution in [1.29, 1.82) is 0 Å². The van der Waals surface area contributed by atoms with Gasteiger partial charge in [-0.3, -0.25) is 9.55 Å². The third-order valence-corrected chi connectivity index (χ3v) is 6.41. The Morgan fingerprint density at radius 3 is 2.38 bits per heavy atom. The number of hydrogen-bond donors (Lipinski definition) is 2. The highest BCUT2D eigenvalue weighted by Gasteiger charge is 2.26. The number of fused-ring (bicyclic) bond motifs is 1. The fourth-order valence-corrected chi connectivity index (χ4v) is 4.64. The van der Waals surface area contributed by atoms with Crippen LogP contribution in [0.15, 0.2) is 36.8 Å². The molecule has 0 bridgehead atoms. The van der Waals surface area contributed by atoms with E-state index in [0.717, 1.165) is 66.9 Å². The Kier molecular flexibility index (Phi) is 8.56. The Bertz CT molecular complexity index is 1350. The van der Waals surface area contributed by atoms with Crippen molar-refractivity contribution in [2.75, 3.05) is 29.9 Å². The Labute approximate surface area is 236 Å². The molecule has 10 heteroatoms. The van der Waals surface area contributed by atoms with E-state index in [2.05, 4.69) is 27.4 Å². The number of benzene rings is 1. The van der Waals surface area contributed by atoms with Gasteiger partial charge in [0.15, 0.2) is 0 Å². The van der Waals surface area contributed by atoms with E-state index >= 15 is 0 Å². The highest BCUT2D eigenvalue weighted by atomic mass is 16.6. The van der Waals surface area contributed by atoms with Crippen LogP contribution in [-0.2, 0) is 9.47 Å². The van der Waals surface area contributed by atoms with E-state index in [1.165, 1.54) is 0 Å². The van der Waals surface area contributed by atoms with Gasteiger partial charge in [0.05, 0.1) is 23.6 Å². The van der Waals surface area contributed by atoms with Crippen LogP contribution in [0, 0.1) is 0 Å². The lowest BCUT2D eigenvalue weighted by atomic mass is 10.1. The molecule has 1 fully saturated rings. The number of nitrogens with zero attached hydrogens (tertiary/aromatic N) is 4. The summed E-state index contributed by atoms with van der Waals surface area (Å²) in [5, 5.41) is 7.29. The largest absolute Gasteiger partial charge is 0.444 e. The van der Waals surface area contributed by atoms with Gasteiger partial charge in [0, 0.05) is 48.5 Å². The summed E-state index contributed by atoms with van der Waals surface area (Å²) in [6.07, 6.45) is 6.98. The van der Waals surface area contributed by atoms with E-state index in [0.29, 0.717) is 5.69 Å². The summed E-state index contributed by atoms with van der Waals surface area (Å²) in [7, 11) is 0. The van der Waals surface area contributed by atoms with Crippen molar-refractivity contribution in [1.82, 2.24) is 19.9 Å². The molecule has 1 aliphatic rings. The van der Waals surface area contributed by atoms with Gasteiger partial charge in [-0.25, -0.2) is 14.6 Å². The number of amides is 1. The summed E-state index contributed by atoms with van der Waals surface area (Å²) in [6.45, 7) is 15.5. The summed E-state index contributed by atoms with van der Waals surface area (Å²) in [6, 6.07) is 5.99. The van der Waals surface area contributed by atoms with E-state index in [1.54, 1.807) is 23.2 Å². The average Bonchev–Trinajstić information content (AvgIpc) is 3.25. The molecule has 3 aromatic rings. The molecule has 0 spiro atoms. The first-order chi connectivity index (χ1) is 18.8. The van der Waals surface area contributed by atoms with Crippen LogP contribution in [0.4, 0.5) is 21.1 Å². The number of carbonyl (C=O) groups is 2. The molecular weight excluding hydrogens is 508 g/mol. The predicted octanol–water partition coefficient (Wildman–Crippen LogP) is 6.20. The zero-order valence-electron chi connectivity index (χ0n) is 24.7. The maximum Gasteiger partial charge on any atom is 0.419 e. The van der Waals surface area contributed by atoms with Crippen molar-refractivity contribution >= 4 is 34.6 Å². The molecule has 2 aromatic heterocycles. The van der Waals surface area contributed by atoms with Gasteiger partial charge in [-0.15, -0.1) is 0 Å². The van der Waals surface area contributed by atoms with Crippen LogP contribution in [0.2, 0.25) is 0 Å². The molecule has 216 valence electrons. The van der Waals surface area contributed by atoms with Gasteiger partial charge in [0.1, 0.15) is 17.0 Å². The van der Waals surface area contributed by atoms with Gasteiger partial charge in [-0.2, -0.15) is 0 Å². The van der Waals surface area contributed by atoms with Gasteiger partial charge in [0.25, 0.3) is 0 Å². The summed E-state index contributed by atoms with van der Waals surface area (Å²) < 4.78 is 12.6. The van der Waals surface area contributed by atoms with Crippen molar-refractivity contribution in [3.63, 3.8) is 0 Å². The normalized spacial score (nSPS) is 14.7. The van der Waals surface area contributed by atoms with Crippen molar-refractivity contribution in [2.45, 2.75) is 85.0 Å². The molecular formula is C30H42N6O4. The number of ether oxygens (including phenoxy) is 2. The first-order valence-electron chi connectivity index (χ1n) is 14.0. The standard InChI is InChI=1S/C30H42N6O4/c1-8-13-32-21-9-10-25-22(16-21)23(19-36(25)28(38)40-30(5,6)7)24-17-31-18-26(34-24)35-14-11-20(12-15-35)33-27(37)39-29(2,3)4/h9-10,16-20,32H,8,11-15H2,1-7H3,(H,33,37). The van der Waals surface area contributed by atoms with Crippen LogP contribution in [0.1, 0.15) is 67.7 Å². The fraction of sp³-hybridized carbons (Fsp3) is 0.533. The number of piperidine rings is 1. The summed E-state index contributed by atoms with van der Waals surface area (Å²) in [4.78, 5) is 36.9. The molecule has 2 N–H and O–H groups in total. The number of alkyl carbamates (subject to hydrolysis) is 1. The van der Waals surface area contributed by atoms with Crippen molar-refractivity contribution in [3.05, 3.63) is 36.8 Å². The number of hydrogen-bond acceptors (Lipinski definition) is 8. The smallest absolute Gasteiger partial charge is 0.419 e. The van der Waals surface area contributed by atoms with E-state index in [9.17, 15) is 9.59 Å². The quantitative estimate of drug-likeness (QED) is 0.373. The second-order valence-electron chi connectivity index (χ2n) is 12.2. The Morgan fingerprint density at radius 1 is 1.02 bits per heavy atom. The van der Waals surface area contributed by atoms with Crippen LogP contribution in [-0.4, -0.2) is 63.6 Å². The van der Waals surface area contributed by atoms with Crippen LogP contribution in [0.25, 0.3) is 22.2 Å². The number of aromatic nitrogens is 3. The van der Waals surface area contributed by atoms with E-state index in [-0.39, 0.29) is 12.1 Å². The third-order valence-electron chi connectivity index (χ3n) is 6.41. The minimum Gasteiger partial charge on any atom is -0.444 e. The Morgan fingerprint density at radius 2 is 1.73 bits per heavy atom. The van der Waals surface area contributed by atoms with Gasteiger partial charge in [-0.1, -0.05) is 6.92 Å². The first-order valence-corrected chi connectivity index (χ1v) is 14.0. The molecule has 4 rings (SSSR count). The van der Waals surface area contributed by atoms with Crippen molar-refractivity contribution in [3.8, 4) is 11.3 Å². The zero-order chi connectivity index (χ0) is 29.1. The maximum absolute atomic E-state index is 13.1. The molecule has 1 aliphatic heterocycles. The average molecular weight is 551 g/mol. The van der Waals surface area contributed by atoms with E-state index < -0.39 is 17.3 Å². The number of anilines is 2. The molecule has 0 aliphatic carbocycles. The second-order valence-corrected chi connectivity index (χ2v) is 12.2. The van der Waals surface area contributed by atoms with Gasteiger partial charge in [0.2, 0.25) is 0 Å². The van der Waals surface area contributed by atoms with E-state index in [4.69, 9.17) is 14.5 Å². The topological polar surface area (TPSA) is 111 Å². The lowest BCUT2D eigenvalue weighted by Crippen LogP contribution is -2.46. The van der Waals surface area contributed by atoms with Gasteiger partial charge in [-0.05, 0) is 79.0 Å². The molecule has 0 unspecified atom stereocenters. The van der Waals surface area contributed by atoms with Crippen LogP contribution >= 0.6 is 0 Å². The highest BCUT2D eigenvalue weighted by Crippen LogP contribution is 2.33. The van der Waals surface area contributed by atoms with E-state index in [1.807, 2.05) is 59.7 Å². The number of carbonyl (C=O) groups excluding carboxylic acids is 2. The van der Waals surface area contributed by atoms with Gasteiger partial charge >= 0.3 is 12.2 Å². The molecule has 10 nitrogen and oxygen atoms in total. The minimum absolute atomic E-state index is 0.0445. The molecule has 40 heavy (non-hydrogen) atoms. The first kappa shape index (κ1) is 29.2. The Balaban J connectivity index is 1.58. The molecule has 0 saturated carbocycles. The monoisotopic (exact) mass is 550 g/mol. The summed E-state index contributed by atoms with van der Waals surface area (Å²) in [5.41, 5.74) is 2.04. The predicted molar refractivity (Wildman–Crippen MR) is 158 cm³/mol. The molecule has 1 aromatic carbocycles. The molecule has 1 amide bonds. The summed E-state index contributed by atoms with van der Waals surface area (Å²) in [5.74, 6) is 0.756. The lowest BCUT2D eigenvalue weighted by Gasteiger charge is -2.33. The van der Waals surface area contributed by atoms with Crippen LogP contribution in [0.3, 0.4) is 0 Å². The number of nitrogens with one attached hydrogen (secondary N) is 2. The Hall–Kier alpha value is -3.82. The SMILES string of the molecule is CCCNc1ccc2c(c1)c(-c1cncc(N3CCC(NC(=O)OC(C)(C)C)CC3)n1)cn2C(=O)OC(C)(C)C. The highest BCUT2D eigenvalue weighted by molar-refractivity contribution is 6.01. The molecule has 3 heterocycles. The maximum atomic E-state index is 13.1. The zero-order valence-corrected chi connectivity index (χ0v) is 24.7. The van der Waals surface area contributed by atoms with Crippen molar-refractivity contribution in [2.24, 2.45) is 0 Å². The lowest BCUT2D eigenvalue weighted by molar-refractivity contribution is 0.0494. The number of rotatable bonds is 6.